The Morgan fingerprint density at radius 1 is 0.842 bits per heavy atom. The van der Waals surface area contributed by atoms with Crippen LogP contribution >= 0.6 is 0 Å². The van der Waals surface area contributed by atoms with Crippen molar-refractivity contribution < 1.29 is 0 Å². The average molecular weight is 254 g/mol. The first-order chi connectivity index (χ1) is 9.40. The lowest BCUT2D eigenvalue weighted by Crippen LogP contribution is -1.93. The highest BCUT2D eigenvalue weighted by Crippen LogP contribution is 2.14. The fourth-order valence-corrected chi connectivity index (χ4v) is 2.15. The van der Waals surface area contributed by atoms with E-state index in [0.29, 0.717) is 0 Å². The van der Waals surface area contributed by atoms with Crippen LogP contribution in [-0.4, -0.2) is 9.97 Å². The third kappa shape index (κ3) is 4.47. The number of hydrogen-bond acceptors (Lipinski definition) is 2. The van der Waals surface area contributed by atoms with Crippen molar-refractivity contribution in [3.8, 4) is 11.4 Å². The molecule has 0 N–H and O–H groups in total. The van der Waals surface area contributed by atoms with Gasteiger partial charge in [-0.25, -0.2) is 9.97 Å². The molecule has 2 aromatic rings. The fourth-order valence-electron chi connectivity index (χ4n) is 2.15. The molecule has 19 heavy (non-hydrogen) atoms. The van der Waals surface area contributed by atoms with E-state index in [0.717, 1.165) is 17.8 Å². The Balaban J connectivity index is 1.85. The Morgan fingerprint density at radius 2 is 1.53 bits per heavy atom. The summed E-state index contributed by atoms with van der Waals surface area (Å²) >= 11 is 0. The van der Waals surface area contributed by atoms with Crippen LogP contribution in [0, 0.1) is 0 Å². The summed E-state index contributed by atoms with van der Waals surface area (Å²) in [5.41, 5.74) is 2.33. The highest BCUT2D eigenvalue weighted by molar-refractivity contribution is 5.53. The number of aromatic nitrogens is 2. The predicted molar refractivity (Wildman–Crippen MR) is 79.9 cm³/mol. The molecule has 0 unspecified atom stereocenters. The maximum Gasteiger partial charge on any atom is 0.159 e. The molecule has 0 saturated heterocycles. The lowest BCUT2D eigenvalue weighted by molar-refractivity contribution is 0.631. The smallest absolute Gasteiger partial charge is 0.159 e. The van der Waals surface area contributed by atoms with Crippen LogP contribution in [0.1, 0.15) is 44.6 Å². The molecule has 0 aliphatic rings. The first kappa shape index (κ1) is 13.7. The molecule has 2 heteroatoms. The van der Waals surface area contributed by atoms with E-state index in [4.69, 9.17) is 0 Å². The van der Waals surface area contributed by atoms with Crippen molar-refractivity contribution in [1.82, 2.24) is 9.97 Å². The van der Waals surface area contributed by atoms with Gasteiger partial charge in [0.05, 0.1) is 0 Å². The van der Waals surface area contributed by atoms with Crippen LogP contribution in [-0.2, 0) is 6.42 Å². The molecule has 0 spiro atoms. The zero-order valence-electron chi connectivity index (χ0n) is 11.7. The Labute approximate surface area is 115 Å². The van der Waals surface area contributed by atoms with Crippen LogP contribution in [0.25, 0.3) is 11.4 Å². The van der Waals surface area contributed by atoms with Gasteiger partial charge in [-0.15, -0.1) is 0 Å². The Kier molecular flexibility index (Phi) is 5.54. The SMILES string of the molecule is CCCCCCCc1cnc(-c2ccccc2)nc1. The molecule has 100 valence electrons. The van der Waals surface area contributed by atoms with E-state index >= 15 is 0 Å². The first-order valence-electron chi connectivity index (χ1n) is 7.26. The van der Waals surface area contributed by atoms with E-state index in [2.05, 4.69) is 16.9 Å². The molecule has 0 saturated carbocycles. The summed E-state index contributed by atoms with van der Waals surface area (Å²) in [4.78, 5) is 8.91. The predicted octanol–water partition coefficient (Wildman–Crippen LogP) is 4.66. The van der Waals surface area contributed by atoms with Gasteiger partial charge in [-0.05, 0) is 18.4 Å². The van der Waals surface area contributed by atoms with Crippen molar-refractivity contribution in [3.63, 3.8) is 0 Å². The molecule has 0 atom stereocenters. The van der Waals surface area contributed by atoms with E-state index in [-0.39, 0.29) is 0 Å². The van der Waals surface area contributed by atoms with E-state index in [9.17, 15) is 0 Å². The second kappa shape index (κ2) is 7.67. The molecule has 0 bridgehead atoms. The average Bonchev–Trinajstić information content (AvgIpc) is 2.49. The summed E-state index contributed by atoms with van der Waals surface area (Å²) in [6, 6.07) is 10.1. The highest BCUT2D eigenvalue weighted by Gasteiger charge is 2.00. The third-order valence-electron chi connectivity index (χ3n) is 3.31. The van der Waals surface area contributed by atoms with E-state index in [1.54, 1.807) is 0 Å². The van der Waals surface area contributed by atoms with Gasteiger partial charge in [0.2, 0.25) is 0 Å². The minimum absolute atomic E-state index is 0.815. The molecule has 2 rings (SSSR count). The fraction of sp³-hybridized carbons (Fsp3) is 0.412. The van der Waals surface area contributed by atoms with Gasteiger partial charge in [-0.2, -0.15) is 0 Å². The molecule has 1 heterocycles. The van der Waals surface area contributed by atoms with Crippen molar-refractivity contribution in [2.75, 3.05) is 0 Å². The molecule has 0 aliphatic heterocycles. The van der Waals surface area contributed by atoms with Crippen molar-refractivity contribution >= 4 is 0 Å². The maximum atomic E-state index is 4.45. The van der Waals surface area contributed by atoms with Gasteiger partial charge >= 0.3 is 0 Å². The van der Waals surface area contributed by atoms with Gasteiger partial charge in [-0.1, -0.05) is 62.9 Å². The summed E-state index contributed by atoms with van der Waals surface area (Å²) in [7, 11) is 0. The van der Waals surface area contributed by atoms with Crippen LogP contribution in [0.2, 0.25) is 0 Å². The van der Waals surface area contributed by atoms with Crippen molar-refractivity contribution in [3.05, 3.63) is 48.3 Å². The van der Waals surface area contributed by atoms with Crippen LogP contribution in [0.15, 0.2) is 42.7 Å². The quantitative estimate of drug-likeness (QED) is 0.672. The molecule has 0 radical (unpaired) electrons. The number of unbranched alkanes of at least 4 members (excludes halogenated alkanes) is 4. The molecule has 0 fully saturated rings. The third-order valence-corrected chi connectivity index (χ3v) is 3.31. The number of hydrogen-bond donors (Lipinski definition) is 0. The summed E-state index contributed by atoms with van der Waals surface area (Å²) < 4.78 is 0. The van der Waals surface area contributed by atoms with Crippen molar-refractivity contribution in [2.45, 2.75) is 45.4 Å². The zero-order chi connectivity index (χ0) is 13.3. The normalized spacial score (nSPS) is 10.6. The summed E-state index contributed by atoms with van der Waals surface area (Å²) in [5, 5.41) is 0. The van der Waals surface area contributed by atoms with Crippen LogP contribution in [0.4, 0.5) is 0 Å². The minimum atomic E-state index is 0.815. The summed E-state index contributed by atoms with van der Waals surface area (Å²) in [6.45, 7) is 2.25. The van der Waals surface area contributed by atoms with Crippen LogP contribution in [0.5, 0.6) is 0 Å². The van der Waals surface area contributed by atoms with Gasteiger partial charge in [0.15, 0.2) is 5.82 Å². The second-order valence-corrected chi connectivity index (χ2v) is 4.95. The Bertz CT molecular complexity index is 462. The number of rotatable bonds is 7. The van der Waals surface area contributed by atoms with Gasteiger partial charge in [0.1, 0.15) is 0 Å². The highest BCUT2D eigenvalue weighted by atomic mass is 14.9. The molecular weight excluding hydrogens is 232 g/mol. The molecule has 2 nitrogen and oxygen atoms in total. The number of nitrogens with zero attached hydrogens (tertiary/aromatic N) is 2. The summed E-state index contributed by atoms with van der Waals surface area (Å²) in [5.74, 6) is 0.815. The first-order valence-corrected chi connectivity index (χ1v) is 7.26. The van der Waals surface area contributed by atoms with Crippen LogP contribution in [0.3, 0.4) is 0 Å². The standard InChI is InChI=1S/C17H22N2/c1-2-3-4-5-7-10-15-13-18-17(19-14-15)16-11-8-6-9-12-16/h6,8-9,11-14H,2-5,7,10H2,1H3. The van der Waals surface area contributed by atoms with Gasteiger partial charge in [0.25, 0.3) is 0 Å². The Morgan fingerprint density at radius 3 is 2.21 bits per heavy atom. The van der Waals surface area contributed by atoms with E-state index < -0.39 is 0 Å². The minimum Gasteiger partial charge on any atom is -0.236 e. The number of aryl methyl sites for hydroxylation is 1. The molecule has 1 aromatic carbocycles. The molecule has 1 aromatic heterocycles. The number of benzene rings is 1. The second-order valence-electron chi connectivity index (χ2n) is 4.95. The van der Waals surface area contributed by atoms with E-state index in [1.165, 1.54) is 37.7 Å². The lowest BCUT2D eigenvalue weighted by Gasteiger charge is -2.03. The van der Waals surface area contributed by atoms with Gasteiger partial charge in [0, 0.05) is 18.0 Å². The van der Waals surface area contributed by atoms with E-state index in [1.807, 2.05) is 42.7 Å². The largest absolute Gasteiger partial charge is 0.236 e. The van der Waals surface area contributed by atoms with Crippen LogP contribution < -0.4 is 0 Å². The Hall–Kier alpha value is -1.70. The zero-order valence-corrected chi connectivity index (χ0v) is 11.7. The maximum absolute atomic E-state index is 4.45. The van der Waals surface area contributed by atoms with Crippen molar-refractivity contribution in [1.29, 1.82) is 0 Å². The van der Waals surface area contributed by atoms with Crippen molar-refractivity contribution in [2.24, 2.45) is 0 Å². The van der Waals surface area contributed by atoms with Gasteiger partial charge in [-0.3, -0.25) is 0 Å². The monoisotopic (exact) mass is 254 g/mol. The molecule has 0 aliphatic carbocycles. The molecule has 0 amide bonds. The molecular formula is C17H22N2. The van der Waals surface area contributed by atoms with Gasteiger partial charge < -0.3 is 0 Å². The lowest BCUT2D eigenvalue weighted by atomic mass is 10.1. The topological polar surface area (TPSA) is 25.8 Å². The summed E-state index contributed by atoms with van der Waals surface area (Å²) in [6.07, 6.45) is 11.6.